The van der Waals surface area contributed by atoms with Gasteiger partial charge < -0.3 is 15.5 Å². The van der Waals surface area contributed by atoms with Crippen LogP contribution in [0.15, 0.2) is 59.5 Å². The third-order valence-corrected chi connectivity index (χ3v) is 3.50. The number of rotatable bonds is 5. The third-order valence-electron chi connectivity index (χ3n) is 2.60. The normalized spacial score (nSPS) is 10.6. The number of aromatic hydroxyl groups is 1. The van der Waals surface area contributed by atoms with Crippen molar-refractivity contribution < 1.29 is 23.2 Å². The van der Waals surface area contributed by atoms with E-state index in [0.29, 0.717) is 6.54 Å². The fourth-order valence-electron chi connectivity index (χ4n) is 1.58. The number of phenolic OH excluding ortho intramolecular Hbond substituents is 1. The highest BCUT2D eigenvalue weighted by atomic mass is 32.2. The number of aliphatic hydroxyl groups is 1. The summed E-state index contributed by atoms with van der Waals surface area (Å²) in [5.41, 5.74) is 1.25. The van der Waals surface area contributed by atoms with Crippen LogP contribution in [0.2, 0.25) is 0 Å². The van der Waals surface area contributed by atoms with E-state index in [1.165, 1.54) is 23.8 Å². The Morgan fingerprint density at radius 1 is 0.955 bits per heavy atom. The van der Waals surface area contributed by atoms with E-state index in [1.807, 2.05) is 18.2 Å². The lowest BCUT2D eigenvalue weighted by atomic mass is 10.2. The van der Waals surface area contributed by atoms with Gasteiger partial charge in [-0.05, 0) is 17.7 Å². The Kier molecular flexibility index (Phi) is 7.55. The maximum atomic E-state index is 10.4. The maximum Gasteiger partial charge on any atom is 0.298 e. The van der Waals surface area contributed by atoms with Crippen molar-refractivity contribution in [1.82, 2.24) is 5.32 Å². The number of benzene rings is 2. The molecule has 22 heavy (non-hydrogen) atoms. The molecule has 2 aromatic carbocycles. The maximum absolute atomic E-state index is 10.4. The first-order valence-corrected chi connectivity index (χ1v) is 8.00. The van der Waals surface area contributed by atoms with E-state index in [9.17, 15) is 8.42 Å². The first-order valence-electron chi connectivity index (χ1n) is 6.56. The Bertz CT molecular complexity index is 659. The molecule has 0 aliphatic rings. The SMILES string of the molecule is O=S(=O)(O)c1ccccc1O.OCCNCc1ccccc1. The van der Waals surface area contributed by atoms with Crippen molar-refractivity contribution in [3.63, 3.8) is 0 Å². The van der Waals surface area contributed by atoms with Gasteiger partial charge in [0.2, 0.25) is 0 Å². The number of phenols is 1. The molecule has 0 radical (unpaired) electrons. The van der Waals surface area contributed by atoms with Gasteiger partial charge in [-0.3, -0.25) is 4.55 Å². The van der Waals surface area contributed by atoms with E-state index < -0.39 is 20.8 Å². The van der Waals surface area contributed by atoms with Crippen LogP contribution in [-0.2, 0) is 16.7 Å². The number of aliphatic hydroxyl groups excluding tert-OH is 1. The fourth-order valence-corrected chi connectivity index (χ4v) is 2.17. The number of hydrogen-bond donors (Lipinski definition) is 4. The molecule has 0 atom stereocenters. The minimum absolute atomic E-state index is 0.201. The van der Waals surface area contributed by atoms with Crippen LogP contribution in [0, 0.1) is 0 Å². The van der Waals surface area contributed by atoms with Crippen molar-refractivity contribution >= 4 is 10.1 Å². The summed E-state index contributed by atoms with van der Waals surface area (Å²) >= 11 is 0. The molecule has 0 fully saturated rings. The van der Waals surface area contributed by atoms with Crippen LogP contribution in [0.25, 0.3) is 0 Å². The molecule has 0 bridgehead atoms. The molecule has 0 saturated carbocycles. The van der Waals surface area contributed by atoms with Crippen LogP contribution >= 0.6 is 0 Å². The molecular weight excluding hydrogens is 306 g/mol. The van der Waals surface area contributed by atoms with Crippen molar-refractivity contribution in [2.45, 2.75) is 11.4 Å². The molecule has 0 aliphatic carbocycles. The molecule has 2 aromatic rings. The second kappa shape index (κ2) is 9.16. The van der Waals surface area contributed by atoms with Gasteiger partial charge in [0.05, 0.1) is 6.61 Å². The van der Waals surface area contributed by atoms with Crippen molar-refractivity contribution in [2.75, 3.05) is 13.2 Å². The first kappa shape index (κ1) is 18.1. The highest BCUT2D eigenvalue weighted by Crippen LogP contribution is 2.20. The van der Waals surface area contributed by atoms with Crippen molar-refractivity contribution in [3.8, 4) is 5.75 Å². The van der Waals surface area contributed by atoms with Gasteiger partial charge in [-0.25, -0.2) is 0 Å². The van der Waals surface area contributed by atoms with E-state index in [0.717, 1.165) is 12.6 Å². The largest absolute Gasteiger partial charge is 0.506 e. The monoisotopic (exact) mass is 325 g/mol. The lowest BCUT2D eigenvalue weighted by Gasteiger charge is -2.01. The number of hydrogen-bond acceptors (Lipinski definition) is 5. The zero-order valence-corrected chi connectivity index (χ0v) is 12.7. The van der Waals surface area contributed by atoms with Gasteiger partial charge in [0.15, 0.2) is 0 Å². The third kappa shape index (κ3) is 6.68. The lowest BCUT2D eigenvalue weighted by Crippen LogP contribution is -2.17. The van der Waals surface area contributed by atoms with Crippen molar-refractivity contribution in [1.29, 1.82) is 0 Å². The van der Waals surface area contributed by atoms with E-state index in [2.05, 4.69) is 17.4 Å². The topological polar surface area (TPSA) is 107 Å². The molecule has 0 aromatic heterocycles. The van der Waals surface area contributed by atoms with Crippen molar-refractivity contribution in [3.05, 3.63) is 60.2 Å². The molecular formula is C15H19NO5S. The van der Waals surface area contributed by atoms with Gasteiger partial charge in [0.25, 0.3) is 10.1 Å². The molecule has 0 aliphatic heterocycles. The van der Waals surface area contributed by atoms with Crippen molar-refractivity contribution in [2.24, 2.45) is 0 Å². The fraction of sp³-hybridized carbons (Fsp3) is 0.200. The molecule has 0 unspecified atom stereocenters. The Labute approximate surface area is 129 Å². The van der Waals surface area contributed by atoms with Gasteiger partial charge in [-0.2, -0.15) is 8.42 Å². The molecule has 0 amide bonds. The Morgan fingerprint density at radius 3 is 2.05 bits per heavy atom. The molecule has 6 nitrogen and oxygen atoms in total. The summed E-state index contributed by atoms with van der Waals surface area (Å²) in [6.45, 7) is 1.70. The number of para-hydroxylation sites is 1. The minimum atomic E-state index is -4.28. The summed E-state index contributed by atoms with van der Waals surface area (Å²) in [6, 6.07) is 15.3. The summed E-state index contributed by atoms with van der Waals surface area (Å²) in [4.78, 5) is -0.472. The minimum Gasteiger partial charge on any atom is -0.506 e. The van der Waals surface area contributed by atoms with Crippen LogP contribution in [-0.4, -0.2) is 36.3 Å². The molecule has 2 rings (SSSR count). The standard InChI is InChI=1S/C9H13NO.C6H6O4S/c11-7-6-10-8-9-4-2-1-3-5-9;7-5-3-1-2-4-6(5)11(8,9)10/h1-5,10-11H,6-8H2;1-4,7H,(H,8,9,10). The quantitative estimate of drug-likeness (QED) is 0.489. The summed E-state index contributed by atoms with van der Waals surface area (Å²) in [7, 11) is -4.28. The molecule has 0 saturated heterocycles. The molecule has 120 valence electrons. The van der Waals surface area contributed by atoms with E-state index in [4.69, 9.17) is 14.8 Å². The van der Waals surface area contributed by atoms with Gasteiger partial charge in [0.1, 0.15) is 10.6 Å². The number of nitrogens with one attached hydrogen (secondary N) is 1. The predicted octanol–water partition coefficient (Wildman–Crippen LogP) is 1.41. The van der Waals surface area contributed by atoms with Crippen LogP contribution in [0.1, 0.15) is 5.56 Å². The molecule has 4 N–H and O–H groups in total. The Balaban J connectivity index is 0.000000220. The highest BCUT2D eigenvalue weighted by Gasteiger charge is 2.12. The summed E-state index contributed by atoms with van der Waals surface area (Å²) in [5.74, 6) is -0.449. The van der Waals surface area contributed by atoms with Gasteiger partial charge in [-0.1, -0.05) is 42.5 Å². The smallest absolute Gasteiger partial charge is 0.298 e. The molecule has 7 heteroatoms. The zero-order chi connectivity index (χ0) is 16.4. The predicted molar refractivity (Wildman–Crippen MR) is 83.2 cm³/mol. The average Bonchev–Trinajstić information content (AvgIpc) is 2.49. The molecule has 0 heterocycles. The van der Waals surface area contributed by atoms with Gasteiger partial charge >= 0.3 is 0 Å². The Hall–Kier alpha value is -1.93. The van der Waals surface area contributed by atoms with E-state index >= 15 is 0 Å². The van der Waals surface area contributed by atoms with Crippen LogP contribution in [0.4, 0.5) is 0 Å². The van der Waals surface area contributed by atoms with Crippen LogP contribution < -0.4 is 5.32 Å². The second-order valence-corrected chi connectivity index (χ2v) is 5.72. The summed E-state index contributed by atoms with van der Waals surface area (Å²) in [5, 5.41) is 20.5. The summed E-state index contributed by atoms with van der Waals surface area (Å²) in [6.07, 6.45) is 0. The highest BCUT2D eigenvalue weighted by molar-refractivity contribution is 7.86. The van der Waals surface area contributed by atoms with E-state index in [1.54, 1.807) is 0 Å². The van der Waals surface area contributed by atoms with Crippen LogP contribution in [0.3, 0.4) is 0 Å². The van der Waals surface area contributed by atoms with Gasteiger partial charge in [0, 0.05) is 13.1 Å². The zero-order valence-electron chi connectivity index (χ0n) is 11.9. The Morgan fingerprint density at radius 2 is 1.55 bits per heavy atom. The lowest BCUT2D eigenvalue weighted by molar-refractivity contribution is 0.292. The molecule has 0 spiro atoms. The second-order valence-electron chi connectivity index (χ2n) is 4.33. The summed E-state index contributed by atoms with van der Waals surface area (Å²) < 4.78 is 29.4. The average molecular weight is 325 g/mol. The van der Waals surface area contributed by atoms with Crippen LogP contribution in [0.5, 0.6) is 5.75 Å². The van der Waals surface area contributed by atoms with Gasteiger partial charge in [-0.15, -0.1) is 0 Å². The van der Waals surface area contributed by atoms with E-state index in [-0.39, 0.29) is 6.61 Å². The first-order chi connectivity index (χ1) is 10.4.